The lowest BCUT2D eigenvalue weighted by Crippen LogP contribution is -1.98. The van der Waals surface area contributed by atoms with Crippen LogP contribution in [0.5, 0.6) is 0 Å². The summed E-state index contributed by atoms with van der Waals surface area (Å²) in [5.41, 5.74) is 0.745. The van der Waals surface area contributed by atoms with Gasteiger partial charge in [-0.3, -0.25) is 0 Å². The topological polar surface area (TPSA) is 57.9 Å². The minimum Gasteiger partial charge on any atom is -0.207 e. The van der Waals surface area contributed by atoms with E-state index >= 15 is 0 Å². The SMILES string of the molecule is N#Cc1c(Br)cc(CBr)cc1S(=O)(=O)Cl. The maximum atomic E-state index is 11.2. The maximum Gasteiger partial charge on any atom is 0.262 e. The molecule has 0 unspecified atom stereocenters. The molecule has 15 heavy (non-hydrogen) atoms. The van der Waals surface area contributed by atoms with Crippen molar-refractivity contribution in [2.75, 3.05) is 0 Å². The molecule has 0 heterocycles. The van der Waals surface area contributed by atoms with Gasteiger partial charge in [-0.15, -0.1) is 0 Å². The third-order valence-electron chi connectivity index (χ3n) is 1.64. The number of alkyl halides is 1. The summed E-state index contributed by atoms with van der Waals surface area (Å²) < 4.78 is 22.8. The first-order valence-electron chi connectivity index (χ1n) is 3.63. The number of halogens is 3. The van der Waals surface area contributed by atoms with Crippen molar-refractivity contribution in [2.45, 2.75) is 10.2 Å². The quantitative estimate of drug-likeness (QED) is 0.591. The summed E-state index contributed by atoms with van der Waals surface area (Å²) in [6.45, 7) is 0. The van der Waals surface area contributed by atoms with E-state index in [1.54, 1.807) is 12.1 Å². The van der Waals surface area contributed by atoms with Gasteiger partial charge in [-0.25, -0.2) is 8.42 Å². The molecule has 0 saturated heterocycles. The van der Waals surface area contributed by atoms with Gasteiger partial charge in [0, 0.05) is 20.5 Å². The second-order valence-corrected chi connectivity index (χ2v) is 6.58. The van der Waals surface area contributed by atoms with Crippen LogP contribution in [0.15, 0.2) is 21.5 Å². The van der Waals surface area contributed by atoms with Gasteiger partial charge in [0.05, 0.1) is 5.56 Å². The van der Waals surface area contributed by atoms with E-state index in [2.05, 4.69) is 31.9 Å². The third-order valence-corrected chi connectivity index (χ3v) is 4.26. The highest BCUT2D eigenvalue weighted by molar-refractivity contribution is 9.10. The monoisotopic (exact) mass is 371 g/mol. The number of rotatable bonds is 2. The lowest BCUT2D eigenvalue weighted by Gasteiger charge is -2.04. The average molecular weight is 373 g/mol. The van der Waals surface area contributed by atoms with Crippen molar-refractivity contribution in [1.82, 2.24) is 0 Å². The van der Waals surface area contributed by atoms with E-state index in [4.69, 9.17) is 15.9 Å². The van der Waals surface area contributed by atoms with Gasteiger partial charge >= 0.3 is 0 Å². The second kappa shape index (κ2) is 4.83. The Morgan fingerprint density at radius 3 is 2.47 bits per heavy atom. The molecule has 0 saturated carbocycles. The molecule has 7 heteroatoms. The van der Waals surface area contributed by atoms with Crippen LogP contribution in [0.25, 0.3) is 0 Å². The third kappa shape index (κ3) is 2.94. The van der Waals surface area contributed by atoms with E-state index in [0.29, 0.717) is 9.80 Å². The predicted octanol–water partition coefficient (Wildman–Crippen LogP) is 3.14. The van der Waals surface area contributed by atoms with Crippen LogP contribution in [0.1, 0.15) is 11.1 Å². The maximum absolute atomic E-state index is 11.2. The van der Waals surface area contributed by atoms with E-state index in [1.807, 2.05) is 0 Å². The summed E-state index contributed by atoms with van der Waals surface area (Å²) >= 11 is 6.32. The Morgan fingerprint density at radius 1 is 1.47 bits per heavy atom. The summed E-state index contributed by atoms with van der Waals surface area (Å²) in [7, 11) is 1.33. The molecule has 0 aromatic heterocycles. The Hall–Kier alpha value is -0.0900. The number of nitriles is 1. The Kier molecular flexibility index (Phi) is 4.18. The number of benzene rings is 1. The summed E-state index contributed by atoms with van der Waals surface area (Å²) in [4.78, 5) is -0.171. The van der Waals surface area contributed by atoms with Crippen molar-refractivity contribution in [1.29, 1.82) is 5.26 Å². The van der Waals surface area contributed by atoms with Crippen molar-refractivity contribution in [2.24, 2.45) is 0 Å². The van der Waals surface area contributed by atoms with Crippen LogP contribution in [0, 0.1) is 11.3 Å². The van der Waals surface area contributed by atoms with Gasteiger partial charge in [0.25, 0.3) is 9.05 Å². The van der Waals surface area contributed by atoms with Crippen LogP contribution in [-0.2, 0) is 14.4 Å². The lowest BCUT2D eigenvalue weighted by atomic mass is 10.2. The van der Waals surface area contributed by atoms with Crippen molar-refractivity contribution in [3.63, 3.8) is 0 Å². The Balaban J connectivity index is 3.63. The van der Waals surface area contributed by atoms with Gasteiger partial charge in [-0.2, -0.15) is 5.26 Å². The second-order valence-electron chi connectivity index (χ2n) is 2.63. The molecule has 0 bridgehead atoms. The minimum absolute atomic E-state index is 0.0229. The fraction of sp³-hybridized carbons (Fsp3) is 0.125. The molecule has 0 aliphatic rings. The minimum atomic E-state index is -3.90. The molecule has 0 aliphatic heterocycles. The largest absolute Gasteiger partial charge is 0.262 e. The molecule has 0 atom stereocenters. The Bertz CT molecular complexity index is 536. The first-order chi connectivity index (χ1) is 6.90. The zero-order valence-corrected chi connectivity index (χ0v) is 11.9. The fourth-order valence-electron chi connectivity index (χ4n) is 1.01. The first kappa shape index (κ1) is 13.0. The molecule has 0 amide bonds. The molecule has 0 spiro atoms. The Labute approximate surface area is 109 Å². The predicted molar refractivity (Wildman–Crippen MR) is 64.5 cm³/mol. The standard InChI is InChI=1S/C8H4Br2ClNO2S/c9-3-5-1-7(10)6(4-12)8(2-5)15(11,13)14/h1-2H,3H2. The van der Waals surface area contributed by atoms with Gasteiger partial charge in [-0.1, -0.05) is 15.9 Å². The van der Waals surface area contributed by atoms with Gasteiger partial charge < -0.3 is 0 Å². The summed E-state index contributed by atoms with van der Waals surface area (Å²) in [5.74, 6) is 0. The molecule has 0 radical (unpaired) electrons. The van der Waals surface area contributed by atoms with Crippen molar-refractivity contribution >= 4 is 51.6 Å². The highest BCUT2D eigenvalue weighted by atomic mass is 79.9. The van der Waals surface area contributed by atoms with E-state index in [1.165, 1.54) is 6.07 Å². The van der Waals surface area contributed by atoms with Crippen molar-refractivity contribution < 1.29 is 8.42 Å². The van der Waals surface area contributed by atoms with E-state index in [0.717, 1.165) is 5.56 Å². The van der Waals surface area contributed by atoms with Gasteiger partial charge in [0.2, 0.25) is 0 Å². The highest BCUT2D eigenvalue weighted by Crippen LogP contribution is 2.28. The number of hydrogen-bond acceptors (Lipinski definition) is 3. The normalized spacial score (nSPS) is 11.1. The van der Waals surface area contributed by atoms with Crippen LogP contribution >= 0.6 is 42.5 Å². The smallest absolute Gasteiger partial charge is 0.207 e. The molecule has 3 nitrogen and oxygen atoms in total. The molecule has 0 N–H and O–H groups in total. The van der Waals surface area contributed by atoms with Crippen molar-refractivity contribution in [3.8, 4) is 6.07 Å². The van der Waals surface area contributed by atoms with Crippen LogP contribution in [0.2, 0.25) is 0 Å². The molecule has 1 aromatic carbocycles. The summed E-state index contributed by atoms with van der Waals surface area (Å²) in [5, 5.41) is 9.29. The van der Waals surface area contributed by atoms with Crippen molar-refractivity contribution in [3.05, 3.63) is 27.7 Å². The molecule has 1 aromatic rings. The van der Waals surface area contributed by atoms with Crippen LogP contribution in [0.3, 0.4) is 0 Å². The van der Waals surface area contributed by atoms with Gasteiger partial charge in [-0.05, 0) is 33.6 Å². The lowest BCUT2D eigenvalue weighted by molar-refractivity contribution is 0.609. The number of hydrogen-bond donors (Lipinski definition) is 0. The molecule has 0 fully saturated rings. The van der Waals surface area contributed by atoms with Crippen LogP contribution < -0.4 is 0 Å². The van der Waals surface area contributed by atoms with Gasteiger partial charge in [0.1, 0.15) is 11.0 Å². The molecule has 0 aliphatic carbocycles. The number of nitrogens with zero attached hydrogens (tertiary/aromatic N) is 1. The molecular weight excluding hydrogens is 369 g/mol. The van der Waals surface area contributed by atoms with E-state index < -0.39 is 9.05 Å². The van der Waals surface area contributed by atoms with Crippen LogP contribution in [0.4, 0.5) is 0 Å². The van der Waals surface area contributed by atoms with Crippen LogP contribution in [-0.4, -0.2) is 8.42 Å². The summed E-state index contributed by atoms with van der Waals surface area (Å²) in [6.07, 6.45) is 0. The highest BCUT2D eigenvalue weighted by Gasteiger charge is 2.19. The van der Waals surface area contributed by atoms with E-state index in [9.17, 15) is 8.42 Å². The average Bonchev–Trinajstić information content (AvgIpc) is 2.15. The first-order valence-corrected chi connectivity index (χ1v) is 7.85. The van der Waals surface area contributed by atoms with E-state index in [-0.39, 0.29) is 10.5 Å². The molecular formula is C8H4Br2ClNO2S. The van der Waals surface area contributed by atoms with Gasteiger partial charge in [0.15, 0.2) is 0 Å². The summed E-state index contributed by atoms with van der Waals surface area (Å²) in [6, 6.07) is 4.84. The zero-order valence-electron chi connectivity index (χ0n) is 7.17. The zero-order chi connectivity index (χ0) is 11.6. The molecule has 80 valence electrons. The Morgan fingerprint density at radius 2 is 2.07 bits per heavy atom. The molecule has 1 rings (SSSR count). The fourth-order valence-corrected chi connectivity index (χ4v) is 3.12.